The van der Waals surface area contributed by atoms with Gasteiger partial charge in [0.2, 0.25) is 0 Å². The first kappa shape index (κ1) is 26.3. The van der Waals surface area contributed by atoms with Crippen LogP contribution in [0.15, 0.2) is 84.9 Å². The fourth-order valence-electron chi connectivity index (χ4n) is 5.16. The highest BCUT2D eigenvalue weighted by atomic mass is 16.5. The lowest BCUT2D eigenvalue weighted by Crippen LogP contribution is -2.48. The van der Waals surface area contributed by atoms with E-state index in [1.165, 1.54) is 0 Å². The molecule has 6 heteroatoms. The van der Waals surface area contributed by atoms with E-state index in [4.69, 9.17) is 4.74 Å². The molecule has 1 aliphatic heterocycles. The number of benzene rings is 4. The molecule has 0 unspecified atom stereocenters. The number of ether oxygens (including phenoxy) is 1. The summed E-state index contributed by atoms with van der Waals surface area (Å²) < 4.78 is 5.71. The van der Waals surface area contributed by atoms with Gasteiger partial charge in [0.05, 0.1) is 6.61 Å². The lowest BCUT2D eigenvalue weighted by molar-refractivity contribution is 0.0748. The van der Waals surface area contributed by atoms with Gasteiger partial charge < -0.3 is 19.9 Å². The van der Waals surface area contributed by atoms with Gasteiger partial charge in [0.25, 0.3) is 11.8 Å². The fraction of sp³-hybridized carbons (Fsp3) is 0.273. The fourth-order valence-corrected chi connectivity index (χ4v) is 5.16. The predicted octanol–water partition coefficient (Wildman–Crippen LogP) is 6.01. The molecule has 1 saturated heterocycles. The van der Waals surface area contributed by atoms with E-state index < -0.39 is 0 Å². The number of amides is 2. The SMILES string of the molecule is CCCNC(=O)c1ccc(N2CCN(C(=O)c3ccc(-c4cccc(OCC)c4)c4ccccc34)CC2)cc1. The predicted molar refractivity (Wildman–Crippen MR) is 158 cm³/mol. The summed E-state index contributed by atoms with van der Waals surface area (Å²) in [7, 11) is 0. The van der Waals surface area contributed by atoms with E-state index in [1.54, 1.807) is 0 Å². The molecule has 4 aromatic carbocycles. The molecule has 1 N–H and O–H groups in total. The monoisotopic (exact) mass is 521 g/mol. The molecule has 0 aromatic heterocycles. The minimum atomic E-state index is -0.0425. The molecular weight excluding hydrogens is 486 g/mol. The third-order valence-electron chi connectivity index (χ3n) is 7.21. The molecule has 1 aliphatic rings. The summed E-state index contributed by atoms with van der Waals surface area (Å²) >= 11 is 0. The molecule has 0 aliphatic carbocycles. The third-order valence-corrected chi connectivity index (χ3v) is 7.21. The largest absolute Gasteiger partial charge is 0.494 e. The van der Waals surface area contributed by atoms with E-state index in [-0.39, 0.29) is 11.8 Å². The van der Waals surface area contributed by atoms with Crippen LogP contribution in [0, 0.1) is 0 Å². The molecule has 0 saturated carbocycles. The zero-order valence-corrected chi connectivity index (χ0v) is 22.7. The van der Waals surface area contributed by atoms with Gasteiger partial charge in [-0.1, -0.05) is 49.4 Å². The van der Waals surface area contributed by atoms with Crippen molar-refractivity contribution < 1.29 is 14.3 Å². The summed E-state index contributed by atoms with van der Waals surface area (Å²) in [5.41, 5.74) is 4.62. The Bertz CT molecular complexity index is 1460. The zero-order chi connectivity index (χ0) is 27.2. The van der Waals surface area contributed by atoms with Crippen LogP contribution in [0.1, 0.15) is 41.0 Å². The van der Waals surface area contributed by atoms with Crippen LogP contribution in [0.5, 0.6) is 5.75 Å². The highest BCUT2D eigenvalue weighted by Crippen LogP contribution is 2.33. The lowest BCUT2D eigenvalue weighted by atomic mass is 9.94. The maximum absolute atomic E-state index is 13.7. The Kier molecular flexibility index (Phi) is 8.11. The quantitative estimate of drug-likeness (QED) is 0.309. The molecule has 0 atom stereocenters. The topological polar surface area (TPSA) is 61.9 Å². The van der Waals surface area contributed by atoms with Gasteiger partial charge in [-0.15, -0.1) is 0 Å². The summed E-state index contributed by atoms with van der Waals surface area (Å²) in [6, 6.07) is 28.0. The second kappa shape index (κ2) is 12.0. The van der Waals surface area contributed by atoms with Gasteiger partial charge in [-0.25, -0.2) is 0 Å². The molecule has 6 nitrogen and oxygen atoms in total. The zero-order valence-electron chi connectivity index (χ0n) is 22.7. The molecule has 1 heterocycles. The van der Waals surface area contributed by atoms with Crippen LogP contribution in [-0.2, 0) is 0 Å². The molecule has 5 rings (SSSR count). The molecule has 0 bridgehead atoms. The Balaban J connectivity index is 1.30. The Morgan fingerprint density at radius 3 is 2.28 bits per heavy atom. The normalized spacial score (nSPS) is 13.4. The Hall–Kier alpha value is -4.32. The molecule has 2 amide bonds. The van der Waals surface area contributed by atoms with E-state index in [0.29, 0.717) is 31.8 Å². The number of piperazine rings is 1. The van der Waals surface area contributed by atoms with Gasteiger partial charge in [0, 0.05) is 49.5 Å². The number of fused-ring (bicyclic) bond motifs is 1. The summed E-state index contributed by atoms with van der Waals surface area (Å²) in [5, 5.41) is 4.93. The van der Waals surface area contributed by atoms with Gasteiger partial charge in [-0.05, 0) is 77.7 Å². The van der Waals surface area contributed by atoms with E-state index in [9.17, 15) is 9.59 Å². The Morgan fingerprint density at radius 2 is 1.56 bits per heavy atom. The molecule has 4 aromatic rings. The summed E-state index contributed by atoms with van der Waals surface area (Å²) in [5.74, 6) is 0.856. The van der Waals surface area contributed by atoms with Crippen LogP contribution in [0.2, 0.25) is 0 Å². The second-order valence-electron chi connectivity index (χ2n) is 9.75. The van der Waals surface area contributed by atoms with Crippen molar-refractivity contribution in [3.8, 4) is 16.9 Å². The van der Waals surface area contributed by atoms with Gasteiger partial charge >= 0.3 is 0 Å². The first-order chi connectivity index (χ1) is 19.1. The molecule has 200 valence electrons. The minimum absolute atomic E-state index is 0.0425. The van der Waals surface area contributed by atoms with Crippen LogP contribution in [0.25, 0.3) is 21.9 Å². The molecule has 0 radical (unpaired) electrons. The number of rotatable bonds is 8. The van der Waals surface area contributed by atoms with Crippen LogP contribution in [0.4, 0.5) is 5.69 Å². The average molecular weight is 522 g/mol. The van der Waals surface area contributed by atoms with Crippen LogP contribution >= 0.6 is 0 Å². The molecular formula is C33H35N3O3. The molecule has 39 heavy (non-hydrogen) atoms. The number of carbonyl (C=O) groups is 2. The standard InChI is InChI=1S/C33H35N3O3/c1-3-18-34-32(37)24-12-14-26(15-13-24)35-19-21-36(22-20-35)33(38)31-17-16-28(29-10-5-6-11-30(29)31)25-8-7-9-27(23-25)39-4-2/h5-17,23H,3-4,18-22H2,1-2H3,(H,34,37). The average Bonchev–Trinajstić information content (AvgIpc) is 2.99. The summed E-state index contributed by atoms with van der Waals surface area (Å²) in [6.07, 6.45) is 0.912. The van der Waals surface area contributed by atoms with Crippen molar-refractivity contribution in [3.05, 3.63) is 96.1 Å². The number of hydrogen-bond acceptors (Lipinski definition) is 4. The van der Waals surface area contributed by atoms with E-state index >= 15 is 0 Å². The van der Waals surface area contributed by atoms with Gasteiger partial charge in [-0.3, -0.25) is 9.59 Å². The second-order valence-corrected chi connectivity index (χ2v) is 9.75. The van der Waals surface area contributed by atoms with Crippen molar-refractivity contribution in [2.75, 3.05) is 44.2 Å². The van der Waals surface area contributed by atoms with Crippen molar-refractivity contribution >= 4 is 28.3 Å². The van der Waals surface area contributed by atoms with Gasteiger partial charge in [0.1, 0.15) is 5.75 Å². The van der Waals surface area contributed by atoms with Crippen molar-refractivity contribution in [3.63, 3.8) is 0 Å². The number of nitrogens with one attached hydrogen (secondary N) is 1. The number of nitrogens with zero attached hydrogens (tertiary/aromatic N) is 2. The first-order valence-electron chi connectivity index (χ1n) is 13.8. The first-order valence-corrected chi connectivity index (χ1v) is 13.8. The van der Waals surface area contributed by atoms with E-state index in [0.717, 1.165) is 58.4 Å². The van der Waals surface area contributed by atoms with Crippen molar-refractivity contribution in [2.24, 2.45) is 0 Å². The lowest BCUT2D eigenvalue weighted by Gasteiger charge is -2.36. The molecule has 0 spiro atoms. The maximum atomic E-state index is 13.7. The van der Waals surface area contributed by atoms with Crippen molar-refractivity contribution in [1.82, 2.24) is 10.2 Å². The Labute approximate surface area is 230 Å². The number of carbonyl (C=O) groups excluding carboxylic acids is 2. The van der Waals surface area contributed by atoms with Gasteiger partial charge in [0.15, 0.2) is 0 Å². The Morgan fingerprint density at radius 1 is 0.821 bits per heavy atom. The van der Waals surface area contributed by atoms with Crippen molar-refractivity contribution in [2.45, 2.75) is 20.3 Å². The highest BCUT2D eigenvalue weighted by Gasteiger charge is 2.24. The summed E-state index contributed by atoms with van der Waals surface area (Å²) in [6.45, 7) is 8.08. The number of hydrogen-bond donors (Lipinski definition) is 1. The van der Waals surface area contributed by atoms with Crippen molar-refractivity contribution in [1.29, 1.82) is 0 Å². The maximum Gasteiger partial charge on any atom is 0.254 e. The van der Waals surface area contributed by atoms with Crippen LogP contribution in [0.3, 0.4) is 0 Å². The third kappa shape index (κ3) is 5.75. The smallest absolute Gasteiger partial charge is 0.254 e. The highest BCUT2D eigenvalue weighted by molar-refractivity contribution is 6.11. The minimum Gasteiger partial charge on any atom is -0.494 e. The van der Waals surface area contributed by atoms with Crippen LogP contribution in [-0.4, -0.2) is 56.0 Å². The van der Waals surface area contributed by atoms with Gasteiger partial charge in [-0.2, -0.15) is 0 Å². The number of anilines is 1. The van der Waals surface area contributed by atoms with E-state index in [2.05, 4.69) is 34.5 Å². The molecule has 1 fully saturated rings. The van der Waals surface area contributed by atoms with Crippen LogP contribution < -0.4 is 15.0 Å². The summed E-state index contributed by atoms with van der Waals surface area (Å²) in [4.78, 5) is 30.1. The van der Waals surface area contributed by atoms with E-state index in [1.807, 2.05) is 79.4 Å².